The van der Waals surface area contributed by atoms with E-state index in [9.17, 15) is 9.18 Å². The van der Waals surface area contributed by atoms with Crippen molar-refractivity contribution in [2.45, 2.75) is 10.1 Å². The molecule has 0 saturated carbocycles. The standard InChI is InChI=1S/C11H7FN2O2S/c12-8-3-2-7(10(15)16)6-9(8)17-11-13-4-1-5-14-11/h1-6H,(H,15,16). The van der Waals surface area contributed by atoms with Crippen molar-refractivity contribution in [3.8, 4) is 0 Å². The van der Waals surface area contributed by atoms with Gasteiger partial charge in [0, 0.05) is 12.4 Å². The van der Waals surface area contributed by atoms with Crippen molar-refractivity contribution in [1.82, 2.24) is 9.97 Å². The molecule has 0 amide bonds. The predicted molar refractivity (Wildman–Crippen MR) is 59.5 cm³/mol. The van der Waals surface area contributed by atoms with Gasteiger partial charge in [0.05, 0.1) is 10.5 Å². The van der Waals surface area contributed by atoms with Gasteiger partial charge in [0.15, 0.2) is 5.16 Å². The maximum absolute atomic E-state index is 13.4. The number of rotatable bonds is 3. The van der Waals surface area contributed by atoms with E-state index < -0.39 is 11.8 Å². The van der Waals surface area contributed by atoms with E-state index in [4.69, 9.17) is 5.11 Å². The molecule has 0 fully saturated rings. The zero-order valence-electron chi connectivity index (χ0n) is 8.50. The lowest BCUT2D eigenvalue weighted by Crippen LogP contribution is -1.97. The highest BCUT2D eigenvalue weighted by molar-refractivity contribution is 7.99. The van der Waals surface area contributed by atoms with Crippen LogP contribution in [-0.4, -0.2) is 21.0 Å². The number of hydrogen-bond acceptors (Lipinski definition) is 4. The first-order valence-corrected chi connectivity index (χ1v) is 5.46. The van der Waals surface area contributed by atoms with E-state index in [2.05, 4.69) is 9.97 Å². The van der Waals surface area contributed by atoms with E-state index in [0.717, 1.165) is 17.8 Å². The van der Waals surface area contributed by atoms with Crippen molar-refractivity contribution in [2.24, 2.45) is 0 Å². The lowest BCUT2D eigenvalue weighted by Gasteiger charge is -2.02. The normalized spacial score (nSPS) is 10.2. The average Bonchev–Trinajstić information content (AvgIpc) is 2.33. The molecule has 0 spiro atoms. The second kappa shape index (κ2) is 4.92. The lowest BCUT2D eigenvalue weighted by atomic mass is 10.2. The molecular formula is C11H7FN2O2S. The molecule has 1 heterocycles. The van der Waals surface area contributed by atoms with Crippen LogP contribution < -0.4 is 0 Å². The molecule has 0 unspecified atom stereocenters. The maximum atomic E-state index is 13.4. The molecule has 0 aliphatic heterocycles. The van der Waals surface area contributed by atoms with Gasteiger partial charge in [-0.05, 0) is 36.0 Å². The first-order chi connectivity index (χ1) is 8.16. The highest BCUT2D eigenvalue weighted by Crippen LogP contribution is 2.27. The third kappa shape index (κ3) is 2.79. The van der Waals surface area contributed by atoms with Gasteiger partial charge in [-0.15, -0.1) is 0 Å². The molecule has 0 aliphatic rings. The van der Waals surface area contributed by atoms with Crippen LogP contribution in [0, 0.1) is 5.82 Å². The van der Waals surface area contributed by atoms with E-state index in [0.29, 0.717) is 5.16 Å². The van der Waals surface area contributed by atoms with E-state index in [1.54, 1.807) is 6.07 Å². The predicted octanol–water partition coefficient (Wildman–Crippen LogP) is 2.47. The average molecular weight is 250 g/mol. The summed E-state index contributed by atoms with van der Waals surface area (Å²) < 4.78 is 13.4. The van der Waals surface area contributed by atoms with Crippen LogP contribution in [0.15, 0.2) is 46.7 Å². The molecule has 2 aromatic rings. The summed E-state index contributed by atoms with van der Waals surface area (Å²) in [6.07, 6.45) is 3.07. The number of carbonyl (C=O) groups is 1. The summed E-state index contributed by atoms with van der Waals surface area (Å²) in [5, 5.41) is 9.17. The largest absolute Gasteiger partial charge is 0.478 e. The summed E-state index contributed by atoms with van der Waals surface area (Å²) >= 11 is 0.985. The summed E-state index contributed by atoms with van der Waals surface area (Å²) in [4.78, 5) is 18.8. The molecule has 86 valence electrons. The lowest BCUT2D eigenvalue weighted by molar-refractivity contribution is 0.0696. The molecule has 0 bridgehead atoms. The Labute approximate surface area is 101 Å². The number of carboxylic acids is 1. The first kappa shape index (κ1) is 11.5. The topological polar surface area (TPSA) is 63.1 Å². The van der Waals surface area contributed by atoms with Gasteiger partial charge in [-0.1, -0.05) is 0 Å². The highest BCUT2D eigenvalue weighted by Gasteiger charge is 2.10. The van der Waals surface area contributed by atoms with Crippen LogP contribution >= 0.6 is 11.8 Å². The smallest absolute Gasteiger partial charge is 0.335 e. The molecule has 1 N–H and O–H groups in total. The minimum Gasteiger partial charge on any atom is -0.478 e. The van der Waals surface area contributed by atoms with Crippen molar-refractivity contribution in [2.75, 3.05) is 0 Å². The van der Waals surface area contributed by atoms with Crippen LogP contribution in [0.4, 0.5) is 4.39 Å². The number of halogens is 1. The third-order valence-corrected chi connectivity index (χ3v) is 2.85. The number of aromatic carboxylic acids is 1. The van der Waals surface area contributed by atoms with Gasteiger partial charge in [-0.3, -0.25) is 0 Å². The zero-order valence-corrected chi connectivity index (χ0v) is 9.32. The summed E-state index contributed by atoms with van der Waals surface area (Å²) in [7, 11) is 0. The van der Waals surface area contributed by atoms with Crippen LogP contribution in [0.5, 0.6) is 0 Å². The van der Waals surface area contributed by atoms with Crippen molar-refractivity contribution in [3.05, 3.63) is 48.0 Å². The third-order valence-electron chi connectivity index (χ3n) is 1.92. The monoisotopic (exact) mass is 250 g/mol. The van der Waals surface area contributed by atoms with Crippen molar-refractivity contribution in [1.29, 1.82) is 0 Å². The number of nitrogens with zero attached hydrogens (tertiary/aromatic N) is 2. The molecule has 17 heavy (non-hydrogen) atoms. The summed E-state index contributed by atoms with van der Waals surface area (Å²) in [6.45, 7) is 0. The highest BCUT2D eigenvalue weighted by atomic mass is 32.2. The van der Waals surface area contributed by atoms with Gasteiger partial charge >= 0.3 is 5.97 Å². The Bertz CT molecular complexity index is 548. The van der Waals surface area contributed by atoms with Crippen molar-refractivity contribution >= 4 is 17.7 Å². The summed E-state index contributed by atoms with van der Waals surface area (Å²) in [6, 6.07) is 5.25. The van der Waals surface area contributed by atoms with Gasteiger partial charge in [0.25, 0.3) is 0 Å². The van der Waals surface area contributed by atoms with Gasteiger partial charge in [0.2, 0.25) is 0 Å². The molecular weight excluding hydrogens is 243 g/mol. The fourth-order valence-electron chi connectivity index (χ4n) is 1.15. The molecule has 6 heteroatoms. The molecule has 0 atom stereocenters. The molecule has 0 saturated heterocycles. The fraction of sp³-hybridized carbons (Fsp3) is 0. The number of carboxylic acid groups (broad SMARTS) is 1. The Morgan fingerprint density at radius 1 is 1.29 bits per heavy atom. The Morgan fingerprint density at radius 3 is 2.65 bits per heavy atom. The molecule has 0 aliphatic carbocycles. The van der Waals surface area contributed by atoms with E-state index in [-0.39, 0.29) is 10.5 Å². The van der Waals surface area contributed by atoms with Gasteiger partial charge in [-0.2, -0.15) is 0 Å². The summed E-state index contributed by atoms with van der Waals surface area (Å²) in [5.74, 6) is -1.59. The number of benzene rings is 1. The maximum Gasteiger partial charge on any atom is 0.335 e. The van der Waals surface area contributed by atoms with Crippen LogP contribution in [0.3, 0.4) is 0 Å². The fourth-order valence-corrected chi connectivity index (χ4v) is 1.93. The summed E-state index contributed by atoms with van der Waals surface area (Å²) in [5.41, 5.74) is 0.0323. The van der Waals surface area contributed by atoms with Crippen molar-refractivity contribution in [3.63, 3.8) is 0 Å². The van der Waals surface area contributed by atoms with Crippen LogP contribution in [-0.2, 0) is 0 Å². The van der Waals surface area contributed by atoms with Crippen LogP contribution in [0.1, 0.15) is 10.4 Å². The van der Waals surface area contributed by atoms with E-state index in [1.807, 2.05) is 0 Å². The molecule has 0 radical (unpaired) electrons. The molecule has 4 nitrogen and oxygen atoms in total. The quantitative estimate of drug-likeness (QED) is 0.848. The first-order valence-electron chi connectivity index (χ1n) is 4.64. The van der Waals surface area contributed by atoms with Crippen molar-refractivity contribution < 1.29 is 14.3 Å². The SMILES string of the molecule is O=C(O)c1ccc(F)c(Sc2ncccn2)c1. The van der Waals surface area contributed by atoms with Gasteiger partial charge in [0.1, 0.15) is 5.82 Å². The van der Waals surface area contributed by atoms with Crippen LogP contribution in [0.25, 0.3) is 0 Å². The number of aromatic nitrogens is 2. The second-order valence-corrected chi connectivity index (χ2v) is 4.09. The zero-order chi connectivity index (χ0) is 12.3. The van der Waals surface area contributed by atoms with Gasteiger partial charge in [-0.25, -0.2) is 19.2 Å². The van der Waals surface area contributed by atoms with E-state index >= 15 is 0 Å². The molecule has 1 aromatic heterocycles. The number of hydrogen-bond donors (Lipinski definition) is 1. The van der Waals surface area contributed by atoms with Gasteiger partial charge < -0.3 is 5.11 Å². The Balaban J connectivity index is 2.32. The van der Waals surface area contributed by atoms with E-state index in [1.165, 1.54) is 24.5 Å². The Morgan fingerprint density at radius 2 is 2.00 bits per heavy atom. The van der Waals surface area contributed by atoms with Crippen LogP contribution in [0.2, 0.25) is 0 Å². The minimum atomic E-state index is -1.10. The minimum absolute atomic E-state index is 0.0323. The molecule has 2 rings (SSSR count). The molecule has 1 aromatic carbocycles. The Hall–Kier alpha value is -1.95. The second-order valence-electron chi connectivity index (χ2n) is 3.08. The Kier molecular flexibility index (Phi) is 3.34.